The number of nitrogens with one attached hydrogen (secondary N) is 1. The Morgan fingerprint density at radius 3 is 2.49 bits per heavy atom. The minimum atomic E-state index is -0.719. The van der Waals surface area contributed by atoms with Gasteiger partial charge in [0, 0.05) is 36.4 Å². The summed E-state index contributed by atoms with van der Waals surface area (Å²) in [5.41, 5.74) is 2.76. The van der Waals surface area contributed by atoms with Crippen molar-refractivity contribution >= 4 is 29.4 Å². The number of nitrogens with zero attached hydrogens (tertiary/aromatic N) is 3. The number of fused-ring (bicyclic) bond motifs is 1. The van der Waals surface area contributed by atoms with Crippen LogP contribution in [0.4, 0.5) is 14.6 Å². The molecule has 5 rings (SSSR count). The van der Waals surface area contributed by atoms with Crippen LogP contribution in [-0.2, 0) is 14.3 Å². The fourth-order valence-electron chi connectivity index (χ4n) is 4.53. The summed E-state index contributed by atoms with van der Waals surface area (Å²) in [6, 6.07) is 22.1. The number of benzene rings is 3. The van der Waals surface area contributed by atoms with Gasteiger partial charge in [-0.1, -0.05) is 54.6 Å². The maximum Gasteiger partial charge on any atom is 0.240 e. The number of hydrogen-bond acceptors (Lipinski definition) is 5. The van der Waals surface area contributed by atoms with Gasteiger partial charge in [0.15, 0.2) is 0 Å². The second-order valence-electron chi connectivity index (χ2n) is 8.88. The normalized spacial score (nSPS) is 15.1. The number of halogens is 2. The Morgan fingerprint density at radius 1 is 1.08 bits per heavy atom. The van der Waals surface area contributed by atoms with Crippen LogP contribution in [0.15, 0.2) is 78.9 Å². The number of anilines is 1. The van der Waals surface area contributed by atoms with Crippen LogP contribution in [0.2, 0.25) is 0 Å². The van der Waals surface area contributed by atoms with Gasteiger partial charge in [0.05, 0.1) is 29.0 Å². The first kappa shape index (κ1) is 26.6. The largest absolute Gasteiger partial charge is 0.383 e. The van der Waals surface area contributed by atoms with Crippen molar-refractivity contribution in [1.82, 2.24) is 15.1 Å². The molecule has 1 aliphatic heterocycles. The van der Waals surface area contributed by atoms with Crippen LogP contribution in [0.5, 0.6) is 0 Å². The van der Waals surface area contributed by atoms with Crippen LogP contribution in [0, 0.1) is 11.6 Å². The number of hydrogen-bond donors (Lipinski definition) is 1. The minimum absolute atomic E-state index is 0.0233. The quantitative estimate of drug-likeness (QED) is 0.322. The minimum Gasteiger partial charge on any atom is -0.383 e. The fourth-order valence-corrected chi connectivity index (χ4v) is 5.75. The third-order valence-electron chi connectivity index (χ3n) is 6.31. The standard InChI is InChI=1S/C29H26F2N4O3S/c1-38-15-14-32-24(36)17-34-25(37)18-39-28(22-13-12-20(30)16-23(22)31)26-27(19-8-4-2-5-9-19)33-35(29(26)34)21-10-6-3-7-11-21/h2-13,16,28H,14-15,17-18H2,1H3,(H,32,36). The lowest BCUT2D eigenvalue weighted by atomic mass is 9.99. The number of aromatic nitrogens is 2. The van der Waals surface area contributed by atoms with E-state index < -0.39 is 16.9 Å². The molecule has 0 spiro atoms. The van der Waals surface area contributed by atoms with E-state index in [9.17, 15) is 14.0 Å². The molecule has 1 unspecified atom stereocenters. The van der Waals surface area contributed by atoms with Crippen molar-refractivity contribution < 1.29 is 23.1 Å². The van der Waals surface area contributed by atoms with Crippen molar-refractivity contribution in [1.29, 1.82) is 0 Å². The van der Waals surface area contributed by atoms with Gasteiger partial charge in [0.1, 0.15) is 24.0 Å². The predicted molar refractivity (Wildman–Crippen MR) is 147 cm³/mol. The summed E-state index contributed by atoms with van der Waals surface area (Å²) in [7, 11) is 1.53. The molecule has 10 heteroatoms. The molecule has 0 bridgehead atoms. The summed E-state index contributed by atoms with van der Waals surface area (Å²) >= 11 is 1.22. The van der Waals surface area contributed by atoms with Crippen molar-refractivity contribution in [3.63, 3.8) is 0 Å². The number of para-hydroxylation sites is 1. The number of carbonyl (C=O) groups excluding carboxylic acids is 2. The molecule has 0 radical (unpaired) electrons. The number of methoxy groups -OCH3 is 1. The molecular formula is C29H26F2N4O3S. The lowest BCUT2D eigenvalue weighted by Gasteiger charge is -2.23. The van der Waals surface area contributed by atoms with E-state index in [-0.39, 0.29) is 36.2 Å². The zero-order valence-electron chi connectivity index (χ0n) is 21.1. The van der Waals surface area contributed by atoms with Crippen molar-refractivity contribution in [2.75, 3.05) is 37.5 Å². The number of amides is 2. The zero-order chi connectivity index (χ0) is 27.4. The molecule has 1 atom stereocenters. The van der Waals surface area contributed by atoms with Crippen molar-refractivity contribution in [3.8, 4) is 16.9 Å². The SMILES string of the molecule is COCCNC(=O)CN1C(=O)CSC(c2ccc(F)cc2F)c2c(-c3ccccc3)nn(-c3ccccc3)c21. The first-order valence-corrected chi connectivity index (χ1v) is 13.4. The molecule has 7 nitrogen and oxygen atoms in total. The number of carbonyl (C=O) groups is 2. The van der Waals surface area contributed by atoms with Gasteiger partial charge in [0.25, 0.3) is 0 Å². The third-order valence-corrected chi connectivity index (χ3v) is 7.55. The van der Waals surface area contributed by atoms with E-state index in [1.165, 1.54) is 35.9 Å². The number of rotatable bonds is 8. The second kappa shape index (κ2) is 11.8. The van der Waals surface area contributed by atoms with Crippen molar-refractivity contribution in [2.24, 2.45) is 0 Å². The van der Waals surface area contributed by atoms with Crippen LogP contribution in [0.1, 0.15) is 16.4 Å². The topological polar surface area (TPSA) is 76.5 Å². The average molecular weight is 549 g/mol. The zero-order valence-corrected chi connectivity index (χ0v) is 22.0. The molecule has 1 aromatic heterocycles. The molecular weight excluding hydrogens is 522 g/mol. The highest BCUT2D eigenvalue weighted by atomic mass is 32.2. The van der Waals surface area contributed by atoms with E-state index in [1.807, 2.05) is 60.7 Å². The molecule has 0 aliphatic carbocycles. The highest BCUT2D eigenvalue weighted by Gasteiger charge is 2.38. The first-order valence-electron chi connectivity index (χ1n) is 12.3. The summed E-state index contributed by atoms with van der Waals surface area (Å²) in [6.07, 6.45) is 0. The summed E-state index contributed by atoms with van der Waals surface area (Å²) in [6.45, 7) is 0.351. The molecule has 200 valence electrons. The number of thioether (sulfide) groups is 1. The molecule has 2 amide bonds. The average Bonchev–Trinajstić information content (AvgIpc) is 3.28. The maximum atomic E-state index is 15.2. The summed E-state index contributed by atoms with van der Waals surface area (Å²) in [4.78, 5) is 27.9. The summed E-state index contributed by atoms with van der Waals surface area (Å²) in [5, 5.41) is 6.99. The van der Waals surface area contributed by atoms with Gasteiger partial charge in [-0.25, -0.2) is 13.5 Å². The van der Waals surface area contributed by atoms with Crippen LogP contribution in [-0.4, -0.2) is 54.2 Å². The van der Waals surface area contributed by atoms with E-state index in [0.717, 1.165) is 11.6 Å². The van der Waals surface area contributed by atoms with Gasteiger partial charge in [-0.15, -0.1) is 11.8 Å². The van der Waals surface area contributed by atoms with Crippen molar-refractivity contribution in [3.05, 3.63) is 102 Å². The molecule has 0 saturated heterocycles. The molecule has 39 heavy (non-hydrogen) atoms. The molecule has 0 fully saturated rings. The Labute approximate surface area is 228 Å². The van der Waals surface area contributed by atoms with E-state index in [4.69, 9.17) is 9.84 Å². The summed E-state index contributed by atoms with van der Waals surface area (Å²) < 4.78 is 35.8. The highest BCUT2D eigenvalue weighted by Crippen LogP contribution is 2.49. The molecule has 3 aromatic carbocycles. The van der Waals surface area contributed by atoms with Gasteiger partial charge in [-0.2, -0.15) is 5.10 Å². The Balaban J connectivity index is 1.75. The molecule has 1 N–H and O–H groups in total. The Morgan fingerprint density at radius 2 is 1.79 bits per heavy atom. The Bertz CT molecular complexity index is 1480. The van der Waals surface area contributed by atoms with Crippen LogP contribution < -0.4 is 10.2 Å². The highest BCUT2D eigenvalue weighted by molar-refractivity contribution is 8.00. The van der Waals surface area contributed by atoms with E-state index in [0.29, 0.717) is 29.4 Å². The smallest absolute Gasteiger partial charge is 0.240 e. The van der Waals surface area contributed by atoms with Gasteiger partial charge < -0.3 is 10.1 Å². The van der Waals surface area contributed by atoms with Gasteiger partial charge in [-0.3, -0.25) is 14.5 Å². The van der Waals surface area contributed by atoms with E-state index >= 15 is 4.39 Å². The lowest BCUT2D eigenvalue weighted by molar-refractivity contribution is -0.123. The van der Waals surface area contributed by atoms with Gasteiger partial charge in [-0.05, 0) is 18.2 Å². The monoisotopic (exact) mass is 548 g/mol. The summed E-state index contributed by atoms with van der Waals surface area (Å²) in [5.74, 6) is -1.77. The number of ether oxygens (including phenoxy) is 1. The third kappa shape index (κ3) is 5.57. The second-order valence-corrected chi connectivity index (χ2v) is 9.97. The Kier molecular flexibility index (Phi) is 8.04. The van der Waals surface area contributed by atoms with Crippen LogP contribution in [0.25, 0.3) is 16.9 Å². The molecule has 2 heterocycles. The van der Waals surface area contributed by atoms with Gasteiger partial charge in [0.2, 0.25) is 11.8 Å². The predicted octanol–water partition coefficient (Wildman–Crippen LogP) is 4.75. The molecule has 0 saturated carbocycles. The first-order chi connectivity index (χ1) is 19.0. The van der Waals surface area contributed by atoms with Crippen molar-refractivity contribution in [2.45, 2.75) is 5.25 Å². The fraction of sp³-hybridized carbons (Fsp3) is 0.207. The van der Waals surface area contributed by atoms with E-state index in [2.05, 4.69) is 5.32 Å². The molecule has 1 aliphatic rings. The van der Waals surface area contributed by atoms with Crippen LogP contribution in [0.3, 0.4) is 0 Å². The van der Waals surface area contributed by atoms with Gasteiger partial charge >= 0.3 is 0 Å². The Hall–Kier alpha value is -4.02. The van der Waals surface area contributed by atoms with Crippen LogP contribution >= 0.6 is 11.8 Å². The maximum absolute atomic E-state index is 15.2. The lowest BCUT2D eigenvalue weighted by Crippen LogP contribution is -2.43. The van der Waals surface area contributed by atoms with E-state index in [1.54, 1.807) is 4.68 Å². The molecule has 4 aromatic rings.